The summed E-state index contributed by atoms with van der Waals surface area (Å²) in [4.78, 5) is 2.07. The predicted octanol–water partition coefficient (Wildman–Crippen LogP) is 3.32. The second-order valence-electron chi connectivity index (χ2n) is 5.47. The second-order valence-corrected chi connectivity index (χ2v) is 5.47. The zero-order chi connectivity index (χ0) is 15.5. The quantitative estimate of drug-likeness (QED) is 0.940. The average Bonchev–Trinajstić information content (AvgIpc) is 2.89. The average molecular weight is 305 g/mol. The standard InChI is InChI=1S/C17H17F2NO2/c18-14-3-1-2-4-16(14)22-17-6-5-12(9-15(17)19)10-20-8-7-13(21)11-20/h1-6,9,13,21H,7-8,10-11H2/t13-/m0/s1. The molecule has 2 aromatic carbocycles. The molecule has 3 nitrogen and oxygen atoms in total. The number of ether oxygens (including phenoxy) is 1. The van der Waals surface area contributed by atoms with Crippen molar-refractivity contribution in [2.24, 2.45) is 0 Å². The normalized spacial score (nSPS) is 18.6. The molecule has 2 aromatic rings. The van der Waals surface area contributed by atoms with Gasteiger partial charge in [0.05, 0.1) is 6.10 Å². The molecule has 1 aliphatic rings. The summed E-state index contributed by atoms with van der Waals surface area (Å²) in [7, 11) is 0. The molecule has 1 N–H and O–H groups in total. The fourth-order valence-electron chi connectivity index (χ4n) is 2.59. The molecule has 5 heteroatoms. The monoisotopic (exact) mass is 305 g/mol. The number of hydrogen-bond donors (Lipinski definition) is 1. The highest BCUT2D eigenvalue weighted by Gasteiger charge is 2.20. The summed E-state index contributed by atoms with van der Waals surface area (Å²) in [6, 6.07) is 10.5. The van der Waals surface area contributed by atoms with Crippen LogP contribution in [0.4, 0.5) is 8.78 Å². The van der Waals surface area contributed by atoms with E-state index in [-0.39, 0.29) is 17.6 Å². The first-order chi connectivity index (χ1) is 10.6. The van der Waals surface area contributed by atoms with E-state index in [4.69, 9.17) is 4.74 Å². The van der Waals surface area contributed by atoms with Crippen molar-refractivity contribution < 1.29 is 18.6 Å². The van der Waals surface area contributed by atoms with Crippen molar-refractivity contribution in [3.8, 4) is 11.5 Å². The van der Waals surface area contributed by atoms with Crippen molar-refractivity contribution in [2.75, 3.05) is 13.1 Å². The third kappa shape index (κ3) is 3.43. The molecule has 0 aromatic heterocycles. The zero-order valence-corrected chi connectivity index (χ0v) is 12.0. The summed E-state index contributed by atoms with van der Waals surface area (Å²) < 4.78 is 32.9. The van der Waals surface area contributed by atoms with Gasteiger partial charge in [-0.05, 0) is 36.2 Å². The number of rotatable bonds is 4. The van der Waals surface area contributed by atoms with Gasteiger partial charge in [0.25, 0.3) is 0 Å². The number of aliphatic hydroxyl groups is 1. The van der Waals surface area contributed by atoms with Crippen LogP contribution in [0.25, 0.3) is 0 Å². The minimum atomic E-state index is -0.531. The van der Waals surface area contributed by atoms with Crippen LogP contribution in [0.3, 0.4) is 0 Å². The fraction of sp³-hybridized carbons (Fsp3) is 0.294. The molecule has 0 unspecified atom stereocenters. The first-order valence-electron chi connectivity index (χ1n) is 7.23. The van der Waals surface area contributed by atoms with Crippen molar-refractivity contribution in [1.82, 2.24) is 4.90 Å². The van der Waals surface area contributed by atoms with Crippen molar-refractivity contribution >= 4 is 0 Å². The molecule has 116 valence electrons. The fourth-order valence-corrected chi connectivity index (χ4v) is 2.59. The molecule has 1 heterocycles. The number of halogens is 2. The van der Waals surface area contributed by atoms with E-state index in [0.717, 1.165) is 18.5 Å². The SMILES string of the molecule is O[C@H]1CCN(Cc2ccc(Oc3ccccc3F)c(F)c2)C1. The van der Waals surface area contributed by atoms with Crippen LogP contribution in [0.2, 0.25) is 0 Å². The summed E-state index contributed by atoms with van der Waals surface area (Å²) in [5.41, 5.74) is 0.799. The molecule has 1 atom stereocenters. The van der Waals surface area contributed by atoms with Gasteiger partial charge in [0.15, 0.2) is 23.1 Å². The number of likely N-dealkylation sites (tertiary alicyclic amines) is 1. The van der Waals surface area contributed by atoms with Crippen LogP contribution in [-0.2, 0) is 6.54 Å². The number of hydrogen-bond acceptors (Lipinski definition) is 3. The molecule has 1 saturated heterocycles. The Morgan fingerprint density at radius 1 is 1.09 bits per heavy atom. The number of benzene rings is 2. The van der Waals surface area contributed by atoms with Gasteiger partial charge in [-0.25, -0.2) is 8.78 Å². The topological polar surface area (TPSA) is 32.7 Å². The van der Waals surface area contributed by atoms with Crippen LogP contribution in [0.15, 0.2) is 42.5 Å². The summed E-state index contributed by atoms with van der Waals surface area (Å²) in [6.45, 7) is 1.99. The van der Waals surface area contributed by atoms with Crippen molar-refractivity contribution in [2.45, 2.75) is 19.1 Å². The Morgan fingerprint density at radius 2 is 1.86 bits per heavy atom. The molecular weight excluding hydrogens is 288 g/mol. The van der Waals surface area contributed by atoms with E-state index in [0.29, 0.717) is 13.1 Å². The Hall–Kier alpha value is -1.98. The van der Waals surface area contributed by atoms with Gasteiger partial charge in [-0.3, -0.25) is 4.90 Å². The van der Waals surface area contributed by atoms with Gasteiger partial charge in [-0.1, -0.05) is 18.2 Å². The minimum Gasteiger partial charge on any atom is -0.451 e. The zero-order valence-electron chi connectivity index (χ0n) is 12.0. The number of para-hydroxylation sites is 1. The van der Waals surface area contributed by atoms with Crippen LogP contribution < -0.4 is 4.74 Å². The highest BCUT2D eigenvalue weighted by Crippen LogP contribution is 2.27. The van der Waals surface area contributed by atoms with Crippen LogP contribution in [-0.4, -0.2) is 29.2 Å². The molecule has 0 aliphatic carbocycles. The molecule has 22 heavy (non-hydrogen) atoms. The molecule has 0 radical (unpaired) electrons. The number of aliphatic hydroxyl groups excluding tert-OH is 1. The van der Waals surface area contributed by atoms with E-state index in [2.05, 4.69) is 4.90 Å². The summed E-state index contributed by atoms with van der Waals surface area (Å²) in [5.74, 6) is -1.07. The highest BCUT2D eigenvalue weighted by molar-refractivity contribution is 5.35. The third-order valence-corrected chi connectivity index (χ3v) is 3.71. The van der Waals surface area contributed by atoms with E-state index in [1.165, 1.54) is 24.3 Å². The van der Waals surface area contributed by atoms with Gasteiger partial charge in [0.1, 0.15) is 0 Å². The van der Waals surface area contributed by atoms with E-state index < -0.39 is 11.6 Å². The van der Waals surface area contributed by atoms with E-state index >= 15 is 0 Å². The van der Waals surface area contributed by atoms with E-state index in [9.17, 15) is 13.9 Å². The van der Waals surface area contributed by atoms with Crippen molar-refractivity contribution in [3.63, 3.8) is 0 Å². The second kappa shape index (κ2) is 6.42. The van der Waals surface area contributed by atoms with Gasteiger partial charge in [-0.15, -0.1) is 0 Å². The van der Waals surface area contributed by atoms with Crippen molar-refractivity contribution in [1.29, 1.82) is 0 Å². The maximum Gasteiger partial charge on any atom is 0.166 e. The first-order valence-corrected chi connectivity index (χ1v) is 7.23. The molecule has 0 spiro atoms. The van der Waals surface area contributed by atoms with Gasteiger partial charge in [-0.2, -0.15) is 0 Å². The lowest BCUT2D eigenvalue weighted by Crippen LogP contribution is -2.21. The van der Waals surface area contributed by atoms with Crippen LogP contribution in [0, 0.1) is 11.6 Å². The molecule has 0 bridgehead atoms. The first kappa shape index (κ1) is 14.9. The summed E-state index contributed by atoms with van der Waals surface area (Å²) in [5, 5.41) is 9.50. The van der Waals surface area contributed by atoms with Gasteiger partial charge < -0.3 is 9.84 Å². The number of nitrogens with zero attached hydrogens (tertiary/aromatic N) is 1. The maximum atomic E-state index is 14.1. The molecule has 0 amide bonds. The van der Waals surface area contributed by atoms with Crippen LogP contribution >= 0.6 is 0 Å². The van der Waals surface area contributed by atoms with Gasteiger partial charge >= 0.3 is 0 Å². The Kier molecular flexibility index (Phi) is 4.36. The lowest BCUT2D eigenvalue weighted by atomic mass is 10.2. The maximum absolute atomic E-state index is 14.1. The predicted molar refractivity (Wildman–Crippen MR) is 78.8 cm³/mol. The van der Waals surface area contributed by atoms with Crippen molar-refractivity contribution in [3.05, 3.63) is 59.7 Å². The lowest BCUT2D eigenvalue weighted by molar-refractivity contribution is 0.174. The Balaban J connectivity index is 1.71. The molecule has 0 saturated carbocycles. The highest BCUT2D eigenvalue weighted by atomic mass is 19.1. The largest absolute Gasteiger partial charge is 0.451 e. The molecule has 1 fully saturated rings. The minimum absolute atomic E-state index is 0.00295. The Morgan fingerprint density at radius 3 is 2.55 bits per heavy atom. The smallest absolute Gasteiger partial charge is 0.166 e. The summed E-state index contributed by atoms with van der Waals surface area (Å²) >= 11 is 0. The van der Waals surface area contributed by atoms with Gasteiger partial charge in [0.2, 0.25) is 0 Å². The molecular formula is C17H17F2NO2. The Bertz CT molecular complexity index is 663. The third-order valence-electron chi connectivity index (χ3n) is 3.71. The summed E-state index contributed by atoms with van der Waals surface area (Å²) in [6.07, 6.45) is 0.449. The number of β-amino-alcohol motifs (C(OH)–C–C–N with tert-alkyl or cyclic N) is 1. The molecule has 1 aliphatic heterocycles. The Labute approximate surface area is 127 Å². The van der Waals surface area contributed by atoms with E-state index in [1.807, 2.05) is 0 Å². The van der Waals surface area contributed by atoms with Crippen LogP contribution in [0.1, 0.15) is 12.0 Å². The van der Waals surface area contributed by atoms with Crippen LogP contribution in [0.5, 0.6) is 11.5 Å². The lowest BCUT2D eigenvalue weighted by Gasteiger charge is -2.15. The van der Waals surface area contributed by atoms with Gasteiger partial charge in [0, 0.05) is 19.6 Å². The molecule has 3 rings (SSSR count). The van der Waals surface area contributed by atoms with E-state index in [1.54, 1.807) is 18.2 Å².